The highest BCUT2D eigenvalue weighted by Crippen LogP contribution is 2.20. The number of Topliss-reactive ketones (excluding diaryl/α,β-unsaturated/α-hetero) is 1. The molecule has 1 aromatic heterocycles. The number of carbonyl (C=O) groups is 3. The van der Waals surface area contributed by atoms with E-state index in [1.165, 1.54) is 4.90 Å². The maximum Gasteiger partial charge on any atom is 0.297 e. The first-order valence-electron chi connectivity index (χ1n) is 9.57. The molecule has 0 aliphatic carbocycles. The molecule has 0 bridgehead atoms. The van der Waals surface area contributed by atoms with E-state index >= 15 is 0 Å². The molecule has 1 aliphatic heterocycles. The summed E-state index contributed by atoms with van der Waals surface area (Å²) in [6.07, 6.45) is 0. The van der Waals surface area contributed by atoms with Crippen LogP contribution in [-0.2, 0) is 4.79 Å². The molecular weight excluding hydrogens is 404 g/mol. The molecule has 4 rings (SSSR count). The zero-order valence-corrected chi connectivity index (χ0v) is 17.0. The van der Waals surface area contributed by atoms with Crippen LogP contribution in [0.15, 0.2) is 54.6 Å². The number of aromatic nitrogens is 2. The van der Waals surface area contributed by atoms with E-state index in [1.54, 1.807) is 41.3 Å². The Morgan fingerprint density at radius 2 is 1.57 bits per heavy atom. The predicted octanol–water partition coefficient (Wildman–Crippen LogP) is 2.84. The van der Waals surface area contributed by atoms with Crippen molar-refractivity contribution < 1.29 is 14.4 Å². The van der Waals surface area contributed by atoms with Crippen molar-refractivity contribution >= 4 is 40.2 Å². The van der Waals surface area contributed by atoms with E-state index in [1.807, 2.05) is 25.1 Å². The summed E-state index contributed by atoms with van der Waals surface area (Å²) in [6, 6.07) is 15.7. The average molecular weight is 423 g/mol. The van der Waals surface area contributed by atoms with E-state index < -0.39 is 11.7 Å². The van der Waals surface area contributed by atoms with Crippen LogP contribution >= 0.6 is 11.6 Å². The van der Waals surface area contributed by atoms with E-state index in [4.69, 9.17) is 11.6 Å². The summed E-state index contributed by atoms with van der Waals surface area (Å²) >= 11 is 6.13. The quantitative estimate of drug-likeness (QED) is 0.478. The first-order chi connectivity index (χ1) is 14.5. The van der Waals surface area contributed by atoms with E-state index in [0.717, 1.165) is 0 Å². The summed E-state index contributed by atoms with van der Waals surface area (Å²) in [5.74, 6) is -1.59. The Balaban J connectivity index is 1.50. The highest BCUT2D eigenvalue weighted by atomic mass is 35.5. The van der Waals surface area contributed by atoms with Gasteiger partial charge in [0.15, 0.2) is 10.8 Å². The number of fused-ring (bicyclic) bond motifs is 1. The fourth-order valence-corrected chi connectivity index (χ4v) is 3.78. The highest BCUT2D eigenvalue weighted by Gasteiger charge is 2.35. The van der Waals surface area contributed by atoms with Crippen LogP contribution in [0.4, 0.5) is 0 Å². The molecule has 152 valence electrons. The summed E-state index contributed by atoms with van der Waals surface area (Å²) in [7, 11) is 0. The standard InChI is InChI=1S/C22H19ClN4O3/c1-14-13-26(21(29)15-7-3-2-4-8-15)11-12-27(14)22(30)19(28)18-20(23)25-17-10-6-5-9-16(17)24-18/h2-10,14H,11-13H2,1H3/t14-/m1/s1. The van der Waals surface area contributed by atoms with Gasteiger partial charge in [0.05, 0.1) is 11.0 Å². The van der Waals surface area contributed by atoms with Gasteiger partial charge in [0, 0.05) is 31.2 Å². The van der Waals surface area contributed by atoms with Crippen molar-refractivity contribution in [2.24, 2.45) is 0 Å². The molecule has 1 saturated heterocycles. The van der Waals surface area contributed by atoms with Crippen LogP contribution in [-0.4, -0.2) is 63.0 Å². The van der Waals surface area contributed by atoms with Gasteiger partial charge in [-0.2, -0.15) is 0 Å². The SMILES string of the molecule is C[C@@H]1CN(C(=O)c2ccccc2)CCN1C(=O)C(=O)c1nc2ccccc2nc1Cl. The van der Waals surface area contributed by atoms with Crippen molar-refractivity contribution in [2.75, 3.05) is 19.6 Å². The summed E-state index contributed by atoms with van der Waals surface area (Å²) in [5, 5.41) is -0.0994. The molecule has 1 fully saturated rings. The Morgan fingerprint density at radius 1 is 0.933 bits per heavy atom. The molecule has 8 heteroatoms. The number of amides is 2. The molecule has 0 spiro atoms. The van der Waals surface area contributed by atoms with Gasteiger partial charge in [0.2, 0.25) is 0 Å². The second-order valence-electron chi connectivity index (χ2n) is 7.15. The number of hydrogen-bond acceptors (Lipinski definition) is 5. The summed E-state index contributed by atoms with van der Waals surface area (Å²) in [5.41, 5.74) is 1.48. The molecule has 2 amide bonds. The predicted molar refractivity (Wildman–Crippen MR) is 112 cm³/mol. The largest absolute Gasteiger partial charge is 0.335 e. The topological polar surface area (TPSA) is 83.5 Å². The third-order valence-electron chi connectivity index (χ3n) is 5.13. The zero-order chi connectivity index (χ0) is 21.3. The molecule has 7 nitrogen and oxygen atoms in total. The van der Waals surface area contributed by atoms with E-state index in [-0.39, 0.29) is 29.3 Å². The number of halogens is 1. The molecular formula is C22H19ClN4O3. The van der Waals surface area contributed by atoms with Gasteiger partial charge < -0.3 is 9.80 Å². The molecule has 0 N–H and O–H groups in total. The van der Waals surface area contributed by atoms with Crippen LogP contribution in [0.2, 0.25) is 5.15 Å². The lowest BCUT2D eigenvalue weighted by Gasteiger charge is -2.39. The van der Waals surface area contributed by atoms with E-state index in [0.29, 0.717) is 29.7 Å². The number of carbonyl (C=O) groups excluding carboxylic acids is 3. The van der Waals surface area contributed by atoms with Crippen molar-refractivity contribution in [1.29, 1.82) is 0 Å². The van der Waals surface area contributed by atoms with Gasteiger partial charge in [0.1, 0.15) is 0 Å². The first kappa shape index (κ1) is 20.0. The number of nitrogens with zero attached hydrogens (tertiary/aromatic N) is 4. The van der Waals surface area contributed by atoms with Gasteiger partial charge in [-0.25, -0.2) is 9.97 Å². The van der Waals surface area contributed by atoms with Crippen molar-refractivity contribution in [1.82, 2.24) is 19.8 Å². The Bertz CT molecular complexity index is 1140. The maximum absolute atomic E-state index is 12.9. The second-order valence-corrected chi connectivity index (χ2v) is 7.50. The summed E-state index contributed by atoms with van der Waals surface area (Å²) in [6.45, 7) is 2.74. The number of piperazine rings is 1. The third kappa shape index (κ3) is 3.76. The Morgan fingerprint density at radius 3 is 2.23 bits per heavy atom. The van der Waals surface area contributed by atoms with Crippen LogP contribution < -0.4 is 0 Å². The lowest BCUT2D eigenvalue weighted by Crippen LogP contribution is -2.56. The van der Waals surface area contributed by atoms with Crippen molar-refractivity contribution in [2.45, 2.75) is 13.0 Å². The lowest BCUT2D eigenvalue weighted by atomic mass is 10.1. The summed E-state index contributed by atoms with van der Waals surface area (Å²) in [4.78, 5) is 50.0. The fraction of sp³-hybridized carbons (Fsp3) is 0.227. The van der Waals surface area contributed by atoms with E-state index in [9.17, 15) is 14.4 Å². The molecule has 0 saturated carbocycles. The van der Waals surface area contributed by atoms with Crippen molar-refractivity contribution in [3.63, 3.8) is 0 Å². The highest BCUT2D eigenvalue weighted by molar-refractivity contribution is 6.46. The first-order valence-corrected chi connectivity index (χ1v) is 9.95. The molecule has 0 radical (unpaired) electrons. The van der Waals surface area contributed by atoms with Gasteiger partial charge >= 0.3 is 0 Å². The fourth-order valence-electron chi connectivity index (χ4n) is 3.56. The molecule has 0 unspecified atom stereocenters. The van der Waals surface area contributed by atoms with Crippen molar-refractivity contribution in [3.8, 4) is 0 Å². The van der Waals surface area contributed by atoms with Gasteiger partial charge in [0.25, 0.3) is 17.6 Å². The average Bonchev–Trinajstić information content (AvgIpc) is 2.77. The Hall–Kier alpha value is -3.32. The molecule has 1 aliphatic rings. The molecule has 1 atom stereocenters. The zero-order valence-electron chi connectivity index (χ0n) is 16.3. The molecule has 3 aromatic rings. The van der Waals surface area contributed by atoms with Crippen LogP contribution in [0.1, 0.15) is 27.8 Å². The minimum atomic E-state index is -0.798. The minimum absolute atomic E-state index is 0.0932. The van der Waals surface area contributed by atoms with Gasteiger partial charge in [-0.05, 0) is 31.2 Å². The van der Waals surface area contributed by atoms with Gasteiger partial charge in [-0.1, -0.05) is 41.9 Å². The maximum atomic E-state index is 12.9. The summed E-state index contributed by atoms with van der Waals surface area (Å²) < 4.78 is 0. The number of benzene rings is 2. The number of para-hydroxylation sites is 2. The lowest BCUT2D eigenvalue weighted by molar-refractivity contribution is -0.130. The smallest absolute Gasteiger partial charge is 0.297 e. The van der Waals surface area contributed by atoms with Gasteiger partial charge in [-0.15, -0.1) is 0 Å². The third-order valence-corrected chi connectivity index (χ3v) is 5.40. The normalized spacial score (nSPS) is 16.5. The van der Waals surface area contributed by atoms with E-state index in [2.05, 4.69) is 9.97 Å². The number of rotatable bonds is 3. The molecule has 2 heterocycles. The monoisotopic (exact) mass is 422 g/mol. The van der Waals surface area contributed by atoms with Crippen LogP contribution in [0.25, 0.3) is 11.0 Å². The second kappa shape index (κ2) is 8.20. The Kier molecular flexibility index (Phi) is 5.46. The number of hydrogen-bond donors (Lipinski definition) is 0. The minimum Gasteiger partial charge on any atom is -0.335 e. The van der Waals surface area contributed by atoms with Crippen LogP contribution in [0.3, 0.4) is 0 Å². The van der Waals surface area contributed by atoms with Crippen LogP contribution in [0, 0.1) is 0 Å². The van der Waals surface area contributed by atoms with Crippen molar-refractivity contribution in [3.05, 3.63) is 71.0 Å². The Labute approximate surface area is 178 Å². The van der Waals surface area contributed by atoms with Gasteiger partial charge in [-0.3, -0.25) is 14.4 Å². The molecule has 2 aromatic carbocycles. The number of ketones is 1. The molecule has 30 heavy (non-hydrogen) atoms. The van der Waals surface area contributed by atoms with Crippen LogP contribution in [0.5, 0.6) is 0 Å².